The van der Waals surface area contributed by atoms with Gasteiger partial charge in [0.15, 0.2) is 0 Å². The molecule has 0 radical (unpaired) electrons. The minimum absolute atomic E-state index is 0.303. The van der Waals surface area contributed by atoms with Crippen molar-refractivity contribution in [2.75, 3.05) is 46.3 Å². The predicted molar refractivity (Wildman–Crippen MR) is 264 cm³/mol. The van der Waals surface area contributed by atoms with E-state index in [-0.39, 0.29) is 0 Å². The Hall–Kier alpha value is -2.63. The van der Waals surface area contributed by atoms with Gasteiger partial charge in [-0.1, -0.05) is 136 Å². The van der Waals surface area contributed by atoms with Crippen molar-refractivity contribution < 1.29 is 0 Å². The van der Waals surface area contributed by atoms with Crippen molar-refractivity contribution in [1.82, 2.24) is 20.4 Å². The van der Waals surface area contributed by atoms with Gasteiger partial charge in [-0.25, -0.2) is 0 Å². The molecule has 0 bridgehead atoms. The molecule has 0 rings (SSSR count). The highest BCUT2D eigenvalue weighted by molar-refractivity contribution is 5.59. The van der Waals surface area contributed by atoms with Gasteiger partial charge in [-0.05, 0) is 128 Å². The van der Waals surface area contributed by atoms with Crippen LogP contribution in [0.4, 0.5) is 0 Å². The second-order valence-corrected chi connectivity index (χ2v) is 15.8. The summed E-state index contributed by atoms with van der Waals surface area (Å²) in [6.07, 6.45) is 44.5. The smallest absolute Gasteiger partial charge is 0.0594 e. The fourth-order valence-corrected chi connectivity index (χ4v) is 6.37. The van der Waals surface area contributed by atoms with Gasteiger partial charge in [0.05, 0.1) is 6.04 Å². The van der Waals surface area contributed by atoms with E-state index >= 15 is 0 Å². The van der Waals surface area contributed by atoms with Gasteiger partial charge in [0.25, 0.3) is 0 Å². The molecule has 0 aliphatic carbocycles. The number of nitrogens with zero attached hydrogens (tertiary/aromatic N) is 3. The van der Waals surface area contributed by atoms with Gasteiger partial charge in [-0.2, -0.15) is 0 Å². The number of hydrogen-bond acceptors (Lipinski definition) is 5. The van der Waals surface area contributed by atoms with Gasteiger partial charge in [-0.15, -0.1) is 13.2 Å². The molecule has 0 heterocycles. The maximum absolute atomic E-state index is 4.87. The molecular weight excluding hydrogens is 695 g/mol. The maximum atomic E-state index is 4.87. The van der Waals surface area contributed by atoms with Crippen LogP contribution in [-0.4, -0.2) is 74.4 Å². The SMILES string of the molecule is C=CC/C=C\CC=NC(C)CN(CCCCC/C(=C\NC)NC(C=C)CCCCN(CCC)CC(C)C)CCC(C)C/C=C\C/C=C\C/C=C\CC.CC.CCC. The van der Waals surface area contributed by atoms with Crippen molar-refractivity contribution in [3.63, 3.8) is 0 Å². The summed E-state index contributed by atoms with van der Waals surface area (Å²) in [7, 11) is 2.00. The van der Waals surface area contributed by atoms with Crippen LogP contribution in [0.1, 0.15) is 172 Å². The maximum Gasteiger partial charge on any atom is 0.0594 e. The standard InChI is InChI=1S/C47H85N5.C3H8.C2H6/c1-10-14-16-18-19-20-21-22-25-31-44(7)34-39-52(42-45(8)49-35-28-23-17-15-11-2)37-29-24-26-33-47(40-48-9)50-46(13-4)32-27-30-38-51(36-12-3)41-43(5)6;1-3-2;1-2/h11,13-14,16-17,19-20,22-23,25,35,40,43-46,48,50H,2,4,10,12,15,18,21,24,26-34,36-39,41-42H2,1,3,5-9H3;3H2,1-2H3;1-2H3/b16-14-,20-19-,23-17-,25-22-,47-40+,49-35?;;. The Kier molecular flexibility index (Phi) is 49.2. The molecule has 3 atom stereocenters. The summed E-state index contributed by atoms with van der Waals surface area (Å²) in [4.78, 5) is 10.2. The highest BCUT2D eigenvalue weighted by Crippen LogP contribution is 2.14. The zero-order chi connectivity index (χ0) is 43.2. The molecule has 0 spiro atoms. The molecule has 0 aromatic heterocycles. The number of rotatable bonds is 36. The van der Waals surface area contributed by atoms with E-state index in [9.17, 15) is 0 Å². The van der Waals surface area contributed by atoms with Crippen LogP contribution in [-0.2, 0) is 0 Å². The predicted octanol–water partition coefficient (Wildman–Crippen LogP) is 14.3. The van der Waals surface area contributed by atoms with E-state index in [2.05, 4.69) is 156 Å². The topological polar surface area (TPSA) is 42.9 Å². The van der Waals surface area contributed by atoms with Crippen LogP contribution in [0, 0.1) is 11.8 Å². The molecule has 2 N–H and O–H groups in total. The van der Waals surface area contributed by atoms with E-state index in [0.717, 1.165) is 76.9 Å². The molecule has 0 aliphatic rings. The van der Waals surface area contributed by atoms with Crippen molar-refractivity contribution in [2.24, 2.45) is 16.8 Å². The van der Waals surface area contributed by atoms with Crippen LogP contribution < -0.4 is 10.6 Å². The fraction of sp³-hybridized carbons (Fsp3) is 0.712. The largest absolute Gasteiger partial charge is 0.393 e. The Balaban J connectivity index is -0.00000554. The van der Waals surface area contributed by atoms with Gasteiger partial charge in [0.2, 0.25) is 0 Å². The average Bonchev–Trinajstić information content (AvgIpc) is 3.19. The van der Waals surface area contributed by atoms with E-state index in [4.69, 9.17) is 4.99 Å². The molecule has 0 fully saturated rings. The average molecular weight is 794 g/mol. The molecule has 332 valence electrons. The normalized spacial score (nSPS) is 13.8. The second-order valence-electron chi connectivity index (χ2n) is 15.8. The Bertz CT molecular complexity index is 1020. The molecule has 0 saturated heterocycles. The third kappa shape index (κ3) is 44.3. The van der Waals surface area contributed by atoms with Gasteiger partial charge < -0.3 is 20.4 Å². The molecule has 5 heteroatoms. The van der Waals surface area contributed by atoms with E-state index in [0.29, 0.717) is 18.0 Å². The highest BCUT2D eigenvalue weighted by atomic mass is 15.1. The summed E-state index contributed by atoms with van der Waals surface area (Å²) in [5.74, 6) is 1.41. The quantitative estimate of drug-likeness (QED) is 0.0377. The third-order valence-corrected chi connectivity index (χ3v) is 9.15. The lowest BCUT2D eigenvalue weighted by molar-refractivity contribution is 0.238. The van der Waals surface area contributed by atoms with Crippen molar-refractivity contribution in [1.29, 1.82) is 0 Å². The number of allylic oxidation sites excluding steroid dienone is 10. The third-order valence-electron chi connectivity index (χ3n) is 9.15. The van der Waals surface area contributed by atoms with E-state index < -0.39 is 0 Å². The molecule has 5 nitrogen and oxygen atoms in total. The lowest BCUT2D eigenvalue weighted by atomic mass is 10.0. The molecule has 0 aromatic carbocycles. The first kappa shape index (κ1) is 58.7. The van der Waals surface area contributed by atoms with Crippen molar-refractivity contribution in [2.45, 2.75) is 184 Å². The minimum atomic E-state index is 0.303. The summed E-state index contributed by atoms with van der Waals surface area (Å²) in [6, 6.07) is 0.623. The summed E-state index contributed by atoms with van der Waals surface area (Å²) in [5, 5.41) is 7.08. The van der Waals surface area contributed by atoms with Crippen molar-refractivity contribution in [3.05, 3.63) is 85.8 Å². The van der Waals surface area contributed by atoms with Crippen LogP contribution in [0.25, 0.3) is 0 Å². The van der Waals surface area contributed by atoms with E-state index in [1.807, 2.05) is 27.0 Å². The Morgan fingerprint density at radius 2 is 1.26 bits per heavy atom. The molecule has 57 heavy (non-hydrogen) atoms. The first-order valence-electron chi connectivity index (χ1n) is 23.6. The molecule has 0 amide bonds. The lowest BCUT2D eigenvalue weighted by Crippen LogP contribution is -2.33. The Morgan fingerprint density at radius 3 is 1.86 bits per heavy atom. The summed E-state index contributed by atoms with van der Waals surface area (Å²) >= 11 is 0. The molecular formula is C52H99N5. The van der Waals surface area contributed by atoms with Crippen LogP contribution >= 0.6 is 0 Å². The molecule has 0 saturated carbocycles. The molecule has 0 aliphatic heterocycles. The first-order chi connectivity index (χ1) is 27.7. The molecule has 3 unspecified atom stereocenters. The Labute approximate surface area is 358 Å². The Morgan fingerprint density at radius 1 is 0.667 bits per heavy atom. The number of unbranched alkanes of at least 4 members (excludes halogenated alkanes) is 3. The van der Waals surface area contributed by atoms with Gasteiger partial charge in [0.1, 0.15) is 0 Å². The zero-order valence-corrected chi connectivity index (χ0v) is 40.0. The van der Waals surface area contributed by atoms with Gasteiger partial charge in [0, 0.05) is 50.7 Å². The molecule has 0 aromatic rings. The van der Waals surface area contributed by atoms with Gasteiger partial charge >= 0.3 is 0 Å². The highest BCUT2D eigenvalue weighted by Gasteiger charge is 2.12. The zero-order valence-electron chi connectivity index (χ0n) is 40.0. The number of nitrogens with one attached hydrogen (secondary N) is 2. The van der Waals surface area contributed by atoms with Gasteiger partial charge in [-0.3, -0.25) is 4.99 Å². The van der Waals surface area contributed by atoms with Crippen LogP contribution in [0.5, 0.6) is 0 Å². The fourth-order valence-electron chi connectivity index (χ4n) is 6.37. The summed E-state index contributed by atoms with van der Waals surface area (Å²) in [5.41, 5.74) is 1.30. The first-order valence-corrected chi connectivity index (χ1v) is 23.6. The second kappa shape index (κ2) is 47.7. The van der Waals surface area contributed by atoms with Crippen LogP contribution in [0.15, 0.2) is 90.8 Å². The summed E-state index contributed by atoms with van der Waals surface area (Å²) < 4.78 is 0. The van der Waals surface area contributed by atoms with Crippen molar-refractivity contribution in [3.8, 4) is 0 Å². The monoisotopic (exact) mass is 794 g/mol. The minimum Gasteiger partial charge on any atom is -0.393 e. The van der Waals surface area contributed by atoms with Crippen molar-refractivity contribution >= 4 is 6.21 Å². The number of hydrogen-bond donors (Lipinski definition) is 2. The lowest BCUT2D eigenvalue weighted by Gasteiger charge is -2.26. The van der Waals surface area contributed by atoms with Crippen LogP contribution in [0.2, 0.25) is 0 Å². The van der Waals surface area contributed by atoms with E-state index in [1.165, 1.54) is 76.7 Å². The number of aliphatic imine (C=N–C) groups is 1. The van der Waals surface area contributed by atoms with Crippen LogP contribution in [0.3, 0.4) is 0 Å². The summed E-state index contributed by atoms with van der Waals surface area (Å²) in [6.45, 7) is 36.9. The van der Waals surface area contributed by atoms with E-state index in [1.54, 1.807) is 0 Å².